The van der Waals surface area contributed by atoms with Crippen molar-refractivity contribution in [2.24, 2.45) is 4.99 Å². The topological polar surface area (TPSA) is 41.9 Å². The van der Waals surface area contributed by atoms with E-state index in [0.717, 1.165) is 11.3 Å². The highest BCUT2D eigenvalue weighted by molar-refractivity contribution is 8.19. The molecule has 0 saturated carbocycles. The predicted molar refractivity (Wildman–Crippen MR) is 160 cm³/mol. The van der Waals surface area contributed by atoms with Gasteiger partial charge in [0.1, 0.15) is 12.4 Å². The van der Waals surface area contributed by atoms with Gasteiger partial charge in [-0.3, -0.25) is 9.69 Å². The molecule has 0 aliphatic carbocycles. The molecule has 1 amide bonds. The lowest BCUT2D eigenvalue weighted by atomic mass is 10.1. The third-order valence-electron chi connectivity index (χ3n) is 5.51. The Labute approximate surface area is 244 Å². The number of hydrogen-bond donors (Lipinski definition) is 0. The van der Waals surface area contributed by atoms with Gasteiger partial charge in [0.15, 0.2) is 5.17 Å². The van der Waals surface area contributed by atoms with Gasteiger partial charge < -0.3 is 4.74 Å². The zero-order chi connectivity index (χ0) is 26.6. The molecule has 4 aromatic carbocycles. The van der Waals surface area contributed by atoms with Crippen LogP contribution in [0.2, 0.25) is 20.1 Å². The molecular weight excluding hydrogens is 582 g/mol. The lowest BCUT2D eigenvalue weighted by Crippen LogP contribution is -2.28. The molecule has 0 aromatic heterocycles. The molecule has 1 heterocycles. The number of amidine groups is 1. The average Bonchev–Trinajstić information content (AvgIpc) is 3.19. The minimum Gasteiger partial charge on any atom is -0.487 e. The number of halogens is 4. The number of thioether (sulfide) groups is 1. The summed E-state index contributed by atoms with van der Waals surface area (Å²) in [4.78, 5) is 20.4. The Hall–Kier alpha value is -2.93. The van der Waals surface area contributed by atoms with Crippen LogP contribution in [0.1, 0.15) is 11.1 Å². The van der Waals surface area contributed by atoms with E-state index >= 15 is 0 Å². The van der Waals surface area contributed by atoms with Crippen molar-refractivity contribution in [2.75, 3.05) is 4.90 Å². The molecule has 190 valence electrons. The second-order valence-corrected chi connectivity index (χ2v) is 10.8. The third-order valence-corrected chi connectivity index (χ3v) is 7.57. The van der Waals surface area contributed by atoms with Crippen molar-refractivity contribution in [3.8, 4) is 5.75 Å². The molecule has 0 unspecified atom stereocenters. The largest absolute Gasteiger partial charge is 0.487 e. The van der Waals surface area contributed by atoms with Crippen molar-refractivity contribution in [1.29, 1.82) is 0 Å². The summed E-state index contributed by atoms with van der Waals surface area (Å²) in [6.07, 6.45) is 1.72. The van der Waals surface area contributed by atoms with Crippen molar-refractivity contribution >= 4 is 86.7 Å². The van der Waals surface area contributed by atoms with Crippen molar-refractivity contribution in [1.82, 2.24) is 0 Å². The number of nitrogens with zero attached hydrogens (tertiary/aromatic N) is 2. The number of carbonyl (C=O) groups is 1. The summed E-state index contributed by atoms with van der Waals surface area (Å²) in [5.74, 6) is 0.154. The highest BCUT2D eigenvalue weighted by Gasteiger charge is 2.35. The van der Waals surface area contributed by atoms with Crippen LogP contribution >= 0.6 is 58.2 Å². The Bertz CT molecular complexity index is 1560. The zero-order valence-corrected chi connectivity index (χ0v) is 23.4. The third kappa shape index (κ3) is 6.04. The maximum Gasteiger partial charge on any atom is 0.271 e. The van der Waals surface area contributed by atoms with Gasteiger partial charge in [0.05, 0.1) is 21.3 Å². The maximum absolute atomic E-state index is 13.7. The van der Waals surface area contributed by atoms with E-state index in [0.29, 0.717) is 47.2 Å². The molecule has 0 spiro atoms. The van der Waals surface area contributed by atoms with Crippen LogP contribution < -0.4 is 9.64 Å². The number of carbonyl (C=O) groups excluding carboxylic acids is 1. The molecule has 4 aromatic rings. The minimum atomic E-state index is -0.223. The van der Waals surface area contributed by atoms with Gasteiger partial charge in [-0.2, -0.15) is 0 Å². The first-order chi connectivity index (χ1) is 18.4. The fourth-order valence-electron chi connectivity index (χ4n) is 3.74. The number of anilines is 1. The average molecular weight is 600 g/mol. The fourth-order valence-corrected chi connectivity index (χ4v) is 5.75. The molecule has 1 saturated heterocycles. The molecule has 4 nitrogen and oxygen atoms in total. The minimum absolute atomic E-state index is 0.144. The van der Waals surface area contributed by atoms with Crippen LogP contribution in [0.15, 0.2) is 101 Å². The Morgan fingerprint density at radius 3 is 2.21 bits per heavy atom. The summed E-state index contributed by atoms with van der Waals surface area (Å²) in [6.45, 7) is 0.144. The van der Waals surface area contributed by atoms with Gasteiger partial charge in [0, 0.05) is 26.2 Å². The van der Waals surface area contributed by atoms with Gasteiger partial charge in [0.2, 0.25) is 0 Å². The van der Waals surface area contributed by atoms with Crippen LogP contribution in [0, 0.1) is 0 Å². The van der Waals surface area contributed by atoms with Gasteiger partial charge >= 0.3 is 0 Å². The molecule has 0 atom stereocenters. The van der Waals surface area contributed by atoms with Crippen LogP contribution in [0.5, 0.6) is 5.75 Å². The molecule has 0 radical (unpaired) electrons. The van der Waals surface area contributed by atoms with E-state index in [4.69, 9.17) is 56.1 Å². The van der Waals surface area contributed by atoms with E-state index in [1.807, 2.05) is 60.7 Å². The smallest absolute Gasteiger partial charge is 0.271 e. The number of rotatable bonds is 6. The second kappa shape index (κ2) is 11.9. The SMILES string of the molecule is O=C1/C(=C\c2cc(Cl)cc(Cl)c2OCc2ccc(Cl)cc2Cl)SC(=Nc2ccccc2)N1c1ccccc1. The van der Waals surface area contributed by atoms with Crippen LogP contribution in [0.4, 0.5) is 11.4 Å². The highest BCUT2D eigenvalue weighted by Crippen LogP contribution is 2.41. The Kier molecular flexibility index (Phi) is 8.32. The van der Waals surface area contributed by atoms with Gasteiger partial charge in [-0.1, -0.05) is 88.9 Å². The van der Waals surface area contributed by atoms with E-state index < -0.39 is 0 Å². The lowest BCUT2D eigenvalue weighted by molar-refractivity contribution is -0.113. The summed E-state index contributed by atoms with van der Waals surface area (Å²) in [6, 6.07) is 27.3. The predicted octanol–water partition coefficient (Wildman–Crippen LogP) is 9.69. The van der Waals surface area contributed by atoms with E-state index in [1.54, 1.807) is 41.3 Å². The first kappa shape index (κ1) is 26.7. The Morgan fingerprint density at radius 1 is 0.816 bits per heavy atom. The van der Waals surface area contributed by atoms with Gasteiger partial charge in [0.25, 0.3) is 5.91 Å². The quantitative estimate of drug-likeness (QED) is 0.207. The van der Waals surface area contributed by atoms with Crippen molar-refractivity contribution in [3.63, 3.8) is 0 Å². The van der Waals surface area contributed by atoms with Crippen LogP contribution in [0.25, 0.3) is 6.08 Å². The standard InChI is InChI=1S/C29H18Cl4N2O2S/c30-20-12-11-18(24(32)15-20)17-37-27-19(13-21(31)16-25(27)33)14-26-28(36)35(23-9-5-2-6-10-23)29(38-26)34-22-7-3-1-4-8-22/h1-16H,17H2/b26-14+,34-29?. The van der Waals surface area contributed by atoms with Crippen LogP contribution in [0.3, 0.4) is 0 Å². The first-order valence-electron chi connectivity index (χ1n) is 11.4. The van der Waals surface area contributed by atoms with Crippen LogP contribution in [-0.2, 0) is 11.4 Å². The number of amides is 1. The van der Waals surface area contributed by atoms with Crippen molar-refractivity contribution in [2.45, 2.75) is 6.61 Å². The number of ether oxygens (including phenoxy) is 1. The van der Waals surface area contributed by atoms with Crippen molar-refractivity contribution in [3.05, 3.63) is 127 Å². The van der Waals surface area contributed by atoms with E-state index in [2.05, 4.69) is 0 Å². The Morgan fingerprint density at radius 2 is 1.50 bits per heavy atom. The normalized spacial score (nSPS) is 15.5. The molecule has 1 fully saturated rings. The molecule has 0 bridgehead atoms. The van der Waals surface area contributed by atoms with E-state index in [-0.39, 0.29) is 12.5 Å². The van der Waals surface area contributed by atoms with Crippen molar-refractivity contribution < 1.29 is 9.53 Å². The number of aliphatic imine (C=N–C) groups is 1. The zero-order valence-electron chi connectivity index (χ0n) is 19.6. The summed E-state index contributed by atoms with van der Waals surface area (Å²) in [7, 11) is 0. The highest BCUT2D eigenvalue weighted by atomic mass is 35.5. The van der Waals surface area contributed by atoms with E-state index in [1.165, 1.54) is 11.8 Å². The molecule has 5 rings (SSSR count). The summed E-state index contributed by atoms with van der Waals surface area (Å²) in [5, 5.41) is 2.25. The van der Waals surface area contributed by atoms with Crippen LogP contribution in [-0.4, -0.2) is 11.1 Å². The summed E-state index contributed by atoms with van der Waals surface area (Å²) >= 11 is 26.5. The molecular formula is C29H18Cl4N2O2S. The number of hydrogen-bond acceptors (Lipinski definition) is 4. The Balaban J connectivity index is 1.53. The molecule has 9 heteroatoms. The molecule has 1 aliphatic rings. The maximum atomic E-state index is 13.7. The van der Waals surface area contributed by atoms with Gasteiger partial charge in [-0.25, -0.2) is 4.99 Å². The monoisotopic (exact) mass is 598 g/mol. The molecule has 0 N–H and O–H groups in total. The van der Waals surface area contributed by atoms with E-state index in [9.17, 15) is 4.79 Å². The van der Waals surface area contributed by atoms with Gasteiger partial charge in [-0.15, -0.1) is 0 Å². The fraction of sp³-hybridized carbons (Fsp3) is 0.0345. The lowest BCUT2D eigenvalue weighted by Gasteiger charge is -2.15. The summed E-state index contributed by atoms with van der Waals surface area (Å²) in [5.41, 5.74) is 2.73. The second-order valence-electron chi connectivity index (χ2n) is 8.15. The first-order valence-corrected chi connectivity index (χ1v) is 13.7. The molecule has 38 heavy (non-hydrogen) atoms. The molecule has 1 aliphatic heterocycles. The summed E-state index contributed by atoms with van der Waals surface area (Å²) < 4.78 is 6.08. The van der Waals surface area contributed by atoms with Gasteiger partial charge in [-0.05, 0) is 66.4 Å². The number of para-hydroxylation sites is 2. The number of benzene rings is 4.